The summed E-state index contributed by atoms with van der Waals surface area (Å²) < 4.78 is 31.6. The Morgan fingerprint density at radius 3 is 2.43 bits per heavy atom. The molecule has 0 saturated carbocycles. The van der Waals surface area contributed by atoms with Crippen molar-refractivity contribution < 1.29 is 17.5 Å². The van der Waals surface area contributed by atoms with Crippen molar-refractivity contribution in [3.8, 4) is 0 Å². The van der Waals surface area contributed by atoms with Crippen LogP contribution in [0.2, 0.25) is 0 Å². The number of unbranched alkanes of at least 4 members (excludes halogenated alkanes) is 2. The van der Waals surface area contributed by atoms with Crippen LogP contribution in [0.15, 0.2) is 4.99 Å². The molecule has 1 saturated heterocycles. The molecule has 0 aromatic carbocycles. The smallest absolute Gasteiger partial charge is 0.370 e. The zero-order valence-electron chi connectivity index (χ0n) is 12.4. The van der Waals surface area contributed by atoms with Gasteiger partial charge in [-0.15, -0.1) is 0 Å². The summed E-state index contributed by atoms with van der Waals surface area (Å²) >= 11 is 0. The van der Waals surface area contributed by atoms with Crippen LogP contribution in [0.4, 0.5) is 0 Å². The summed E-state index contributed by atoms with van der Waals surface area (Å²) in [4.78, 5) is 3.98. The second-order valence-electron chi connectivity index (χ2n) is 5.10. The van der Waals surface area contributed by atoms with Crippen molar-refractivity contribution in [3.63, 3.8) is 0 Å². The topological polar surface area (TPSA) is 151 Å². The van der Waals surface area contributed by atoms with Gasteiger partial charge in [-0.2, -0.15) is 8.42 Å². The van der Waals surface area contributed by atoms with E-state index < -0.39 is 10.4 Å². The fourth-order valence-electron chi connectivity index (χ4n) is 2.23. The van der Waals surface area contributed by atoms with Crippen molar-refractivity contribution >= 4 is 16.4 Å². The Kier molecular flexibility index (Phi) is 11.2. The van der Waals surface area contributed by atoms with Gasteiger partial charge in [-0.05, 0) is 32.2 Å². The van der Waals surface area contributed by atoms with E-state index in [1.54, 1.807) is 0 Å². The van der Waals surface area contributed by atoms with Crippen molar-refractivity contribution in [3.05, 3.63) is 0 Å². The van der Waals surface area contributed by atoms with Crippen molar-refractivity contribution in [2.75, 3.05) is 13.1 Å². The number of rotatable bonds is 6. The van der Waals surface area contributed by atoms with E-state index in [-0.39, 0.29) is 5.96 Å². The van der Waals surface area contributed by atoms with Gasteiger partial charge in [0.05, 0.1) is 0 Å². The molecule has 0 radical (unpaired) electrons. The maximum atomic E-state index is 8.74. The van der Waals surface area contributed by atoms with Gasteiger partial charge >= 0.3 is 10.4 Å². The summed E-state index contributed by atoms with van der Waals surface area (Å²) in [7, 11) is -4.67. The quantitative estimate of drug-likeness (QED) is 0.209. The molecule has 0 bridgehead atoms. The van der Waals surface area contributed by atoms with Crippen LogP contribution in [0.3, 0.4) is 0 Å². The highest BCUT2D eigenvalue weighted by Crippen LogP contribution is 2.13. The Morgan fingerprint density at radius 2 is 1.81 bits per heavy atom. The molecule has 126 valence electrons. The predicted molar refractivity (Wildman–Crippen MR) is 83.6 cm³/mol. The highest BCUT2D eigenvalue weighted by Gasteiger charge is 2.10. The summed E-state index contributed by atoms with van der Waals surface area (Å²) in [5.41, 5.74) is 10.5. The van der Waals surface area contributed by atoms with E-state index in [1.807, 2.05) is 0 Å². The second kappa shape index (κ2) is 11.7. The van der Waals surface area contributed by atoms with Crippen LogP contribution in [-0.2, 0) is 10.4 Å². The molecule has 0 aliphatic carbocycles. The molecule has 21 heavy (non-hydrogen) atoms. The molecule has 1 aliphatic heterocycles. The van der Waals surface area contributed by atoms with Crippen molar-refractivity contribution in [2.45, 2.75) is 57.4 Å². The molecular weight excluding hydrogens is 296 g/mol. The molecule has 0 amide bonds. The van der Waals surface area contributed by atoms with Gasteiger partial charge in [0.15, 0.2) is 5.96 Å². The first-order valence-electron chi connectivity index (χ1n) is 7.27. The van der Waals surface area contributed by atoms with Crippen LogP contribution in [0, 0.1) is 0 Å². The fraction of sp³-hybridized carbons (Fsp3) is 0.917. The summed E-state index contributed by atoms with van der Waals surface area (Å²) in [6.07, 6.45) is 10.4. The van der Waals surface area contributed by atoms with E-state index in [2.05, 4.69) is 10.3 Å². The van der Waals surface area contributed by atoms with Crippen LogP contribution in [0.1, 0.15) is 51.4 Å². The lowest BCUT2D eigenvalue weighted by atomic mass is 10.0. The molecule has 1 heterocycles. The molecule has 7 N–H and O–H groups in total. The standard InChI is InChI=1S/C12H26N4.H2O4S/c13-12(14)16-10-6-2-4-8-11-7-3-1-5-9-15-11;1-5(2,3)4/h11,15H,1-10H2,(H4,13,14,16);(H2,1,2,3,4). The normalized spacial score (nSPS) is 19.0. The van der Waals surface area contributed by atoms with E-state index in [0.717, 1.165) is 19.0 Å². The van der Waals surface area contributed by atoms with Crippen LogP contribution >= 0.6 is 0 Å². The van der Waals surface area contributed by atoms with E-state index in [0.29, 0.717) is 0 Å². The van der Waals surface area contributed by atoms with Gasteiger partial charge in [0.2, 0.25) is 0 Å². The largest absolute Gasteiger partial charge is 0.394 e. The van der Waals surface area contributed by atoms with Crippen LogP contribution < -0.4 is 16.8 Å². The van der Waals surface area contributed by atoms with Gasteiger partial charge in [-0.25, -0.2) is 0 Å². The zero-order chi connectivity index (χ0) is 16.1. The van der Waals surface area contributed by atoms with E-state index in [1.165, 1.54) is 51.5 Å². The molecule has 1 fully saturated rings. The van der Waals surface area contributed by atoms with Crippen LogP contribution in [0.25, 0.3) is 0 Å². The summed E-state index contributed by atoms with van der Waals surface area (Å²) in [5.74, 6) is 0.213. The monoisotopic (exact) mass is 324 g/mol. The average Bonchev–Trinajstić information content (AvgIpc) is 2.59. The molecule has 1 rings (SSSR count). The van der Waals surface area contributed by atoms with Gasteiger partial charge in [0.1, 0.15) is 0 Å². The lowest BCUT2D eigenvalue weighted by Gasteiger charge is -2.14. The first kappa shape index (κ1) is 20.1. The van der Waals surface area contributed by atoms with Crippen LogP contribution in [0.5, 0.6) is 0 Å². The maximum absolute atomic E-state index is 8.74. The average molecular weight is 324 g/mol. The van der Waals surface area contributed by atoms with E-state index in [4.69, 9.17) is 29.0 Å². The highest BCUT2D eigenvalue weighted by atomic mass is 32.3. The summed E-state index contributed by atoms with van der Waals surface area (Å²) in [5, 5.41) is 3.62. The molecule has 1 unspecified atom stereocenters. The Balaban J connectivity index is 0.000000690. The molecule has 0 aromatic rings. The minimum absolute atomic E-state index is 0.213. The van der Waals surface area contributed by atoms with Crippen molar-refractivity contribution in [1.82, 2.24) is 5.32 Å². The summed E-state index contributed by atoms with van der Waals surface area (Å²) in [6, 6.07) is 0.755. The first-order valence-corrected chi connectivity index (χ1v) is 8.67. The molecule has 1 aliphatic rings. The first-order chi connectivity index (χ1) is 9.79. The Bertz CT molecular complexity index is 367. The third kappa shape index (κ3) is 19.1. The number of hydrogen-bond acceptors (Lipinski definition) is 4. The number of guanidine groups is 1. The lowest BCUT2D eigenvalue weighted by Crippen LogP contribution is -2.27. The van der Waals surface area contributed by atoms with Crippen LogP contribution in [-0.4, -0.2) is 42.6 Å². The molecular formula is C12H28N4O4S. The number of nitrogens with zero attached hydrogens (tertiary/aromatic N) is 1. The van der Waals surface area contributed by atoms with Gasteiger partial charge in [-0.1, -0.05) is 25.7 Å². The van der Waals surface area contributed by atoms with E-state index in [9.17, 15) is 0 Å². The molecule has 9 heteroatoms. The Morgan fingerprint density at radius 1 is 1.14 bits per heavy atom. The van der Waals surface area contributed by atoms with Gasteiger partial charge in [0, 0.05) is 12.6 Å². The van der Waals surface area contributed by atoms with Gasteiger partial charge < -0.3 is 16.8 Å². The fourth-order valence-corrected chi connectivity index (χ4v) is 2.23. The minimum atomic E-state index is -4.67. The van der Waals surface area contributed by atoms with Gasteiger partial charge in [-0.3, -0.25) is 14.1 Å². The second-order valence-corrected chi connectivity index (χ2v) is 6.00. The zero-order valence-corrected chi connectivity index (χ0v) is 13.2. The number of hydrogen-bond donors (Lipinski definition) is 5. The van der Waals surface area contributed by atoms with Crippen molar-refractivity contribution in [1.29, 1.82) is 0 Å². The van der Waals surface area contributed by atoms with Gasteiger partial charge in [0.25, 0.3) is 0 Å². The highest BCUT2D eigenvalue weighted by molar-refractivity contribution is 7.79. The summed E-state index contributed by atoms with van der Waals surface area (Å²) in [6.45, 7) is 1.99. The minimum Gasteiger partial charge on any atom is -0.370 e. The third-order valence-electron chi connectivity index (χ3n) is 3.17. The predicted octanol–water partition coefficient (Wildman–Crippen LogP) is 0.700. The Hall–Kier alpha value is -0.900. The number of nitrogens with two attached hydrogens (primary N) is 2. The van der Waals surface area contributed by atoms with Crippen molar-refractivity contribution in [2.24, 2.45) is 16.5 Å². The molecule has 8 nitrogen and oxygen atoms in total. The SMILES string of the molecule is NC(N)=NCCCCCC1CCCCCN1.O=S(=O)(O)O. The Labute approximate surface area is 127 Å². The molecule has 0 aromatic heterocycles. The molecule has 1 atom stereocenters. The lowest BCUT2D eigenvalue weighted by molar-refractivity contribution is 0.381. The number of aliphatic imine (C=N–C) groups is 1. The van der Waals surface area contributed by atoms with E-state index >= 15 is 0 Å². The molecule has 0 spiro atoms. The number of nitrogens with one attached hydrogen (secondary N) is 1. The maximum Gasteiger partial charge on any atom is 0.394 e. The third-order valence-corrected chi connectivity index (χ3v) is 3.17.